The Bertz CT molecular complexity index is 1530. The summed E-state index contributed by atoms with van der Waals surface area (Å²) in [5.74, 6) is -1.78. The summed E-state index contributed by atoms with van der Waals surface area (Å²) in [5.41, 5.74) is -0.738. The number of phenolic OH excluding ortho intramolecular Hbond substituents is 1. The number of aromatic hydroxyl groups is 1. The fraction of sp³-hybridized carbons (Fsp3) is 0.355. The van der Waals surface area contributed by atoms with Crippen molar-refractivity contribution in [2.45, 2.75) is 38.6 Å². The Balaban J connectivity index is 1.91. The second kappa shape index (κ2) is 11.0. The molecule has 0 saturated carbocycles. The molecule has 0 bridgehead atoms. The zero-order valence-electron chi connectivity index (χ0n) is 24.0. The number of hydrogen-bond acceptors (Lipinski definition) is 11. The van der Waals surface area contributed by atoms with Crippen LogP contribution in [0.5, 0.6) is 34.5 Å². The van der Waals surface area contributed by atoms with E-state index in [0.717, 1.165) is 0 Å². The Morgan fingerprint density at radius 3 is 2.24 bits per heavy atom. The van der Waals surface area contributed by atoms with Gasteiger partial charge >= 0.3 is 11.9 Å². The minimum Gasteiger partial charge on any atom is -0.504 e. The van der Waals surface area contributed by atoms with Crippen LogP contribution in [0.3, 0.4) is 0 Å². The maximum atomic E-state index is 13.5. The fourth-order valence-electron chi connectivity index (χ4n) is 5.58. The molecule has 1 aliphatic heterocycles. The Hall–Kier alpha value is -4.64. The molecule has 222 valence electrons. The molecule has 1 aliphatic carbocycles. The van der Waals surface area contributed by atoms with E-state index >= 15 is 0 Å². The van der Waals surface area contributed by atoms with Crippen LogP contribution in [0, 0.1) is 5.92 Å². The molecule has 0 unspecified atom stereocenters. The standard InChI is InChI=1S/C31H32O11/c1-15-25(41-16(2)32)18-12-21-27(40-14-39-21)28(38-6)23(18)22-19(13-20(36-4)26(37-5)24(22)33)29(31(15,3)35)42-30(34)17-10-8-7-9-11-17/h7-13,15,25,29,33,35H,14H2,1-6H3/t15-,25-,29+,31-/m0/s1. The van der Waals surface area contributed by atoms with Gasteiger partial charge in [0.05, 0.1) is 26.9 Å². The number of fused-ring (bicyclic) bond motifs is 4. The van der Waals surface area contributed by atoms with Gasteiger partial charge in [0.25, 0.3) is 0 Å². The van der Waals surface area contributed by atoms with Crippen LogP contribution in [0.2, 0.25) is 0 Å². The minimum atomic E-state index is -1.88. The third kappa shape index (κ3) is 4.59. The molecule has 2 aliphatic rings. The summed E-state index contributed by atoms with van der Waals surface area (Å²) in [6.45, 7) is 4.30. The lowest BCUT2D eigenvalue weighted by Gasteiger charge is -2.43. The van der Waals surface area contributed by atoms with Crippen molar-refractivity contribution in [3.05, 3.63) is 59.2 Å². The van der Waals surface area contributed by atoms with Crippen LogP contribution in [0.15, 0.2) is 42.5 Å². The van der Waals surface area contributed by atoms with E-state index in [9.17, 15) is 19.8 Å². The number of rotatable bonds is 6. The Kier molecular flexibility index (Phi) is 7.55. The lowest BCUT2D eigenvalue weighted by molar-refractivity contribution is -0.166. The number of phenols is 1. The highest BCUT2D eigenvalue weighted by Gasteiger charge is 2.51. The van der Waals surface area contributed by atoms with E-state index in [1.165, 1.54) is 41.2 Å². The molecule has 3 aromatic carbocycles. The summed E-state index contributed by atoms with van der Waals surface area (Å²) < 4.78 is 40.1. The number of methoxy groups -OCH3 is 3. The average molecular weight is 581 g/mol. The van der Waals surface area contributed by atoms with E-state index in [2.05, 4.69) is 0 Å². The molecule has 0 aromatic heterocycles. The van der Waals surface area contributed by atoms with Crippen molar-refractivity contribution in [1.29, 1.82) is 0 Å². The van der Waals surface area contributed by atoms with Crippen molar-refractivity contribution in [3.63, 3.8) is 0 Å². The molecule has 11 heteroatoms. The summed E-state index contributed by atoms with van der Waals surface area (Å²) in [6, 6.07) is 11.4. The Labute approximate surface area is 242 Å². The fourth-order valence-corrected chi connectivity index (χ4v) is 5.58. The molecule has 0 spiro atoms. The SMILES string of the molecule is COc1cc2c(c(O)c1OC)-c1c(cc3c(c1OC)OCO3)[C@@H](OC(C)=O)[C@H](C)[C@](C)(O)[C@@H]2OC(=O)c1ccccc1. The van der Waals surface area contributed by atoms with Gasteiger partial charge in [0.1, 0.15) is 11.7 Å². The Morgan fingerprint density at radius 2 is 1.62 bits per heavy atom. The van der Waals surface area contributed by atoms with Gasteiger partial charge in [0.15, 0.2) is 29.1 Å². The quantitative estimate of drug-likeness (QED) is 0.392. The van der Waals surface area contributed by atoms with Crippen LogP contribution in [0.25, 0.3) is 11.1 Å². The van der Waals surface area contributed by atoms with Crippen molar-refractivity contribution in [2.75, 3.05) is 28.1 Å². The van der Waals surface area contributed by atoms with Crippen molar-refractivity contribution < 1.29 is 53.0 Å². The highest BCUT2D eigenvalue weighted by atomic mass is 16.7. The van der Waals surface area contributed by atoms with Gasteiger partial charge < -0.3 is 43.4 Å². The summed E-state index contributed by atoms with van der Waals surface area (Å²) in [6.07, 6.45) is -2.53. The maximum absolute atomic E-state index is 13.5. The first-order valence-corrected chi connectivity index (χ1v) is 13.2. The van der Waals surface area contributed by atoms with Gasteiger partial charge in [-0.15, -0.1) is 0 Å². The highest BCUT2D eigenvalue weighted by Crippen LogP contribution is 2.61. The molecule has 0 fully saturated rings. The number of hydrogen-bond donors (Lipinski definition) is 2. The molecule has 0 amide bonds. The topological polar surface area (TPSA) is 139 Å². The van der Waals surface area contributed by atoms with Crippen LogP contribution in [-0.4, -0.2) is 55.9 Å². The lowest BCUT2D eigenvalue weighted by atomic mass is 9.71. The molecule has 0 radical (unpaired) electrons. The smallest absolute Gasteiger partial charge is 0.338 e. The van der Waals surface area contributed by atoms with Crippen LogP contribution < -0.4 is 23.7 Å². The predicted octanol–water partition coefficient (Wildman–Crippen LogP) is 4.72. The van der Waals surface area contributed by atoms with Crippen molar-refractivity contribution in [3.8, 4) is 45.6 Å². The van der Waals surface area contributed by atoms with E-state index < -0.39 is 41.4 Å². The summed E-state index contributed by atoms with van der Waals surface area (Å²) in [7, 11) is 4.17. The third-order valence-corrected chi connectivity index (χ3v) is 7.80. The van der Waals surface area contributed by atoms with Crippen molar-refractivity contribution in [2.24, 2.45) is 5.92 Å². The van der Waals surface area contributed by atoms with Gasteiger partial charge in [-0.25, -0.2) is 4.79 Å². The number of carbonyl (C=O) groups is 2. The van der Waals surface area contributed by atoms with Gasteiger partial charge in [-0.3, -0.25) is 4.79 Å². The number of carbonyl (C=O) groups excluding carboxylic acids is 2. The second-order valence-corrected chi connectivity index (χ2v) is 10.2. The first-order valence-electron chi connectivity index (χ1n) is 13.2. The van der Waals surface area contributed by atoms with Crippen LogP contribution >= 0.6 is 0 Å². The molecule has 2 N–H and O–H groups in total. The zero-order valence-corrected chi connectivity index (χ0v) is 24.0. The molecular formula is C31H32O11. The number of esters is 2. The first-order chi connectivity index (χ1) is 20.0. The number of aliphatic hydroxyl groups is 1. The molecule has 42 heavy (non-hydrogen) atoms. The van der Waals surface area contributed by atoms with Gasteiger partial charge in [-0.2, -0.15) is 0 Å². The van der Waals surface area contributed by atoms with Crippen molar-refractivity contribution in [1.82, 2.24) is 0 Å². The van der Waals surface area contributed by atoms with Crippen LogP contribution in [0.1, 0.15) is 54.5 Å². The molecule has 0 saturated heterocycles. The van der Waals surface area contributed by atoms with Gasteiger partial charge in [-0.1, -0.05) is 25.1 Å². The highest BCUT2D eigenvalue weighted by molar-refractivity contribution is 5.91. The van der Waals surface area contributed by atoms with E-state index in [1.807, 2.05) is 0 Å². The van der Waals surface area contributed by atoms with E-state index in [1.54, 1.807) is 43.3 Å². The molecular weight excluding hydrogens is 548 g/mol. The van der Waals surface area contributed by atoms with Gasteiger partial charge in [0, 0.05) is 35.1 Å². The van der Waals surface area contributed by atoms with Crippen LogP contribution in [-0.2, 0) is 14.3 Å². The summed E-state index contributed by atoms with van der Waals surface area (Å²) >= 11 is 0. The Morgan fingerprint density at radius 1 is 0.929 bits per heavy atom. The van der Waals surface area contributed by atoms with E-state index in [0.29, 0.717) is 11.3 Å². The van der Waals surface area contributed by atoms with Crippen molar-refractivity contribution >= 4 is 11.9 Å². The van der Waals surface area contributed by atoms with E-state index in [4.69, 9.17) is 33.2 Å². The first kappa shape index (κ1) is 28.9. The molecule has 11 nitrogen and oxygen atoms in total. The predicted molar refractivity (Wildman–Crippen MR) is 148 cm³/mol. The molecule has 4 atom stereocenters. The maximum Gasteiger partial charge on any atom is 0.338 e. The van der Waals surface area contributed by atoms with Gasteiger partial charge in [0.2, 0.25) is 18.3 Å². The second-order valence-electron chi connectivity index (χ2n) is 10.2. The largest absolute Gasteiger partial charge is 0.504 e. The summed E-state index contributed by atoms with van der Waals surface area (Å²) in [4.78, 5) is 25.9. The third-order valence-electron chi connectivity index (χ3n) is 7.80. The number of ether oxygens (including phenoxy) is 7. The number of benzene rings is 3. The normalized spacial score (nSPS) is 22.1. The van der Waals surface area contributed by atoms with Gasteiger partial charge in [-0.05, 0) is 31.2 Å². The minimum absolute atomic E-state index is 0.0210. The average Bonchev–Trinajstić information content (AvgIpc) is 3.45. The molecule has 5 rings (SSSR count). The zero-order chi connectivity index (χ0) is 30.3. The van der Waals surface area contributed by atoms with E-state index in [-0.39, 0.29) is 52.0 Å². The molecule has 1 heterocycles. The molecule has 3 aromatic rings. The monoisotopic (exact) mass is 580 g/mol. The lowest BCUT2D eigenvalue weighted by Crippen LogP contribution is -2.46. The van der Waals surface area contributed by atoms with Crippen LogP contribution in [0.4, 0.5) is 0 Å². The summed E-state index contributed by atoms with van der Waals surface area (Å²) in [5, 5.41) is 24.0.